The number of hydrogen-bond donors (Lipinski definition) is 0. The molecule has 1 spiro atoms. The summed E-state index contributed by atoms with van der Waals surface area (Å²) in [5, 5.41) is 9.41. The van der Waals surface area contributed by atoms with Crippen LogP contribution in [0.5, 0.6) is 0 Å². The number of aryl methyl sites for hydroxylation is 1. The van der Waals surface area contributed by atoms with Gasteiger partial charge in [0.05, 0.1) is 30.2 Å². The van der Waals surface area contributed by atoms with E-state index in [1.807, 2.05) is 31.2 Å². The quantitative estimate of drug-likeness (QED) is 0.810. The van der Waals surface area contributed by atoms with Crippen LogP contribution in [0, 0.1) is 18.3 Å². The third kappa shape index (κ3) is 1.97. The Kier molecular flexibility index (Phi) is 3.38. The minimum Gasteiger partial charge on any atom is -0.338 e. The van der Waals surface area contributed by atoms with Gasteiger partial charge in [-0.1, -0.05) is 23.8 Å². The molecule has 0 saturated carbocycles. The topological polar surface area (TPSA) is 62.6 Å². The van der Waals surface area contributed by atoms with E-state index in [-0.39, 0.29) is 5.91 Å². The van der Waals surface area contributed by atoms with Crippen molar-refractivity contribution >= 4 is 17.3 Å². The number of carbonyl (C=O) groups is 1. The number of fused-ring (bicyclic) bond motifs is 2. The number of amides is 1. The van der Waals surface area contributed by atoms with Gasteiger partial charge in [0.25, 0.3) is 11.7 Å². The molecule has 0 radical (unpaired) electrons. The van der Waals surface area contributed by atoms with Crippen molar-refractivity contribution in [3.63, 3.8) is 0 Å². The van der Waals surface area contributed by atoms with Crippen LogP contribution in [-0.4, -0.2) is 19.1 Å². The largest absolute Gasteiger partial charge is 0.338 e. The average molecular weight is 320 g/mol. The van der Waals surface area contributed by atoms with E-state index in [1.165, 1.54) is 0 Å². The van der Waals surface area contributed by atoms with Crippen molar-refractivity contribution in [1.82, 2.24) is 0 Å². The summed E-state index contributed by atoms with van der Waals surface area (Å²) in [7, 11) is 0. The zero-order valence-corrected chi connectivity index (χ0v) is 13.3. The monoisotopic (exact) mass is 320 g/mol. The fourth-order valence-electron chi connectivity index (χ4n) is 3.29. The van der Waals surface area contributed by atoms with Crippen molar-refractivity contribution in [2.24, 2.45) is 0 Å². The van der Waals surface area contributed by atoms with Gasteiger partial charge in [0.15, 0.2) is 0 Å². The van der Waals surface area contributed by atoms with Crippen LogP contribution in [-0.2, 0) is 20.1 Å². The fourth-order valence-corrected chi connectivity index (χ4v) is 3.29. The van der Waals surface area contributed by atoms with Crippen molar-refractivity contribution in [3.05, 3.63) is 59.2 Å². The van der Waals surface area contributed by atoms with Gasteiger partial charge in [-0.15, -0.1) is 0 Å². The minimum atomic E-state index is -1.40. The van der Waals surface area contributed by atoms with Crippen LogP contribution in [0.2, 0.25) is 0 Å². The lowest BCUT2D eigenvalue weighted by atomic mass is 10.0. The van der Waals surface area contributed by atoms with Crippen LogP contribution >= 0.6 is 0 Å². The maximum Gasteiger partial charge on any atom is 0.297 e. The van der Waals surface area contributed by atoms with Crippen LogP contribution in [0.1, 0.15) is 23.1 Å². The van der Waals surface area contributed by atoms with Crippen molar-refractivity contribution in [2.45, 2.75) is 19.1 Å². The van der Waals surface area contributed by atoms with E-state index >= 15 is 0 Å². The summed E-state index contributed by atoms with van der Waals surface area (Å²) in [5.74, 6) is -1.70. The van der Waals surface area contributed by atoms with Crippen LogP contribution in [0.25, 0.3) is 0 Å². The highest BCUT2D eigenvalue weighted by Crippen LogP contribution is 2.49. The zero-order chi connectivity index (χ0) is 16.7. The molecule has 0 N–H and O–H groups in total. The van der Waals surface area contributed by atoms with E-state index in [2.05, 4.69) is 6.07 Å². The highest BCUT2D eigenvalue weighted by molar-refractivity contribution is 6.12. The van der Waals surface area contributed by atoms with Crippen molar-refractivity contribution in [3.8, 4) is 6.07 Å². The smallest absolute Gasteiger partial charge is 0.297 e. The van der Waals surface area contributed by atoms with Gasteiger partial charge in [-0.25, -0.2) is 0 Å². The Labute approximate surface area is 140 Å². The molecule has 0 bridgehead atoms. The molecule has 2 aliphatic rings. The van der Waals surface area contributed by atoms with Gasteiger partial charge in [-0.2, -0.15) is 5.26 Å². The molecule has 120 valence electrons. The maximum atomic E-state index is 13.3. The zero-order valence-electron chi connectivity index (χ0n) is 13.3. The average Bonchev–Trinajstić information content (AvgIpc) is 2.84. The van der Waals surface area contributed by atoms with Crippen molar-refractivity contribution in [2.75, 3.05) is 18.1 Å². The van der Waals surface area contributed by atoms with E-state index in [1.54, 1.807) is 23.1 Å². The van der Waals surface area contributed by atoms with Gasteiger partial charge in [0.2, 0.25) is 0 Å². The Hall–Kier alpha value is -2.68. The second kappa shape index (κ2) is 5.45. The second-order valence-corrected chi connectivity index (χ2v) is 5.96. The molecule has 0 unspecified atom stereocenters. The van der Waals surface area contributed by atoms with Gasteiger partial charge in [0, 0.05) is 5.56 Å². The standard InChI is InChI=1S/C19H16N2O3/c1-13-7-8-17-15(11-13)19(23-9-4-10-24-19)18(22)21(17)16-6-3-2-5-14(16)12-20/h2-3,5-8,11H,4,9-10H2,1H3. The number of nitriles is 1. The fraction of sp³-hybridized carbons (Fsp3) is 0.263. The number of ether oxygens (including phenoxy) is 2. The van der Waals surface area contributed by atoms with Crippen LogP contribution < -0.4 is 4.90 Å². The number of rotatable bonds is 1. The van der Waals surface area contributed by atoms with Gasteiger partial charge < -0.3 is 9.47 Å². The van der Waals surface area contributed by atoms with Gasteiger partial charge >= 0.3 is 0 Å². The molecule has 4 rings (SSSR count). The molecule has 5 heteroatoms. The highest BCUT2D eigenvalue weighted by Gasteiger charge is 2.55. The van der Waals surface area contributed by atoms with E-state index in [0.29, 0.717) is 35.7 Å². The molecule has 2 aliphatic heterocycles. The summed E-state index contributed by atoms with van der Waals surface area (Å²) in [6.45, 7) is 2.90. The molecule has 2 heterocycles. The second-order valence-electron chi connectivity index (χ2n) is 5.96. The number of anilines is 2. The first-order chi connectivity index (χ1) is 11.7. The van der Waals surface area contributed by atoms with Gasteiger partial charge in [0.1, 0.15) is 6.07 Å². The summed E-state index contributed by atoms with van der Waals surface area (Å²) in [4.78, 5) is 14.8. The lowest BCUT2D eigenvalue weighted by Crippen LogP contribution is -2.46. The summed E-state index contributed by atoms with van der Waals surface area (Å²) < 4.78 is 11.7. The predicted molar refractivity (Wildman–Crippen MR) is 87.7 cm³/mol. The first-order valence-corrected chi connectivity index (χ1v) is 7.90. The molecule has 1 fully saturated rings. The first kappa shape index (κ1) is 14.9. The number of hydrogen-bond acceptors (Lipinski definition) is 4. The SMILES string of the molecule is Cc1ccc2c(c1)C1(OCCCO1)C(=O)N2c1ccccc1C#N. The highest BCUT2D eigenvalue weighted by atomic mass is 16.7. The molecule has 2 aromatic rings. The van der Waals surface area contributed by atoms with Crippen LogP contribution in [0.4, 0.5) is 11.4 Å². The van der Waals surface area contributed by atoms with Crippen LogP contribution in [0.15, 0.2) is 42.5 Å². The Morgan fingerprint density at radius 1 is 1.12 bits per heavy atom. The molecule has 0 aromatic heterocycles. The molecule has 1 amide bonds. The molecule has 24 heavy (non-hydrogen) atoms. The molecular formula is C19H16N2O3. The van der Waals surface area contributed by atoms with E-state index in [0.717, 1.165) is 12.0 Å². The number of para-hydroxylation sites is 1. The first-order valence-electron chi connectivity index (χ1n) is 7.90. The Morgan fingerprint density at radius 2 is 1.88 bits per heavy atom. The van der Waals surface area contributed by atoms with Crippen LogP contribution in [0.3, 0.4) is 0 Å². The lowest BCUT2D eigenvalue weighted by molar-refractivity contribution is -0.256. The molecular weight excluding hydrogens is 304 g/mol. The molecule has 0 aliphatic carbocycles. The molecule has 5 nitrogen and oxygen atoms in total. The molecule has 0 atom stereocenters. The third-order valence-corrected chi connectivity index (χ3v) is 4.40. The van der Waals surface area contributed by atoms with Gasteiger partial charge in [-0.3, -0.25) is 9.69 Å². The van der Waals surface area contributed by atoms with Crippen molar-refractivity contribution in [1.29, 1.82) is 5.26 Å². The minimum absolute atomic E-state index is 0.300. The van der Waals surface area contributed by atoms with E-state index in [4.69, 9.17) is 9.47 Å². The van der Waals surface area contributed by atoms with Gasteiger partial charge in [-0.05, 0) is 37.6 Å². The number of nitrogens with zero attached hydrogens (tertiary/aromatic N) is 2. The normalized spacial score (nSPS) is 18.5. The van der Waals surface area contributed by atoms with E-state index in [9.17, 15) is 10.1 Å². The summed E-state index contributed by atoms with van der Waals surface area (Å²) >= 11 is 0. The Balaban J connectivity index is 1.95. The summed E-state index contributed by atoms with van der Waals surface area (Å²) in [6.07, 6.45) is 0.755. The summed E-state index contributed by atoms with van der Waals surface area (Å²) in [5.41, 5.74) is 3.42. The van der Waals surface area contributed by atoms with E-state index < -0.39 is 5.79 Å². The predicted octanol–water partition coefficient (Wildman–Crippen LogP) is 3.13. The lowest BCUT2D eigenvalue weighted by Gasteiger charge is -2.32. The third-order valence-electron chi connectivity index (χ3n) is 4.40. The maximum absolute atomic E-state index is 13.3. The number of carbonyl (C=O) groups excluding carboxylic acids is 1. The summed E-state index contributed by atoms with van der Waals surface area (Å²) in [6, 6.07) is 15.0. The molecule has 2 aromatic carbocycles. The Bertz CT molecular complexity index is 863. The molecule has 1 saturated heterocycles. The Morgan fingerprint density at radius 3 is 2.62 bits per heavy atom. The number of benzene rings is 2. The van der Waals surface area contributed by atoms with Crippen molar-refractivity contribution < 1.29 is 14.3 Å².